The molecule has 0 bridgehead atoms. The van der Waals surface area contributed by atoms with Gasteiger partial charge in [-0.3, -0.25) is 14.5 Å². The second-order valence-electron chi connectivity index (χ2n) is 14.6. The zero-order valence-electron chi connectivity index (χ0n) is 28.8. The van der Waals surface area contributed by atoms with Gasteiger partial charge in [-0.05, 0) is 99.4 Å². The van der Waals surface area contributed by atoms with Crippen LogP contribution in [0.5, 0.6) is 0 Å². The van der Waals surface area contributed by atoms with Crippen LogP contribution in [0.15, 0.2) is 0 Å². The van der Waals surface area contributed by atoms with Crippen molar-refractivity contribution < 1.29 is 33.6 Å². The molecule has 10 atom stereocenters. The minimum atomic E-state index is -1.40. The van der Waals surface area contributed by atoms with E-state index in [0.29, 0.717) is 18.8 Å². The molecule has 0 aromatic rings. The molecule has 3 rings (SSSR count). The quantitative estimate of drug-likeness (QED) is 0.356. The Morgan fingerprint density at radius 3 is 2.40 bits per heavy atom. The highest BCUT2D eigenvalue weighted by atomic mass is 16.7. The molecule has 0 radical (unpaired) electrons. The predicted octanol–water partition coefficient (Wildman–Crippen LogP) is 3.05. The maximum Gasteiger partial charge on any atom is 0.319 e. The number of piperidine rings is 1. The maximum absolute atomic E-state index is 14.2. The maximum atomic E-state index is 14.2. The number of carbonyl (C=O) groups excluding carboxylic acids is 2. The summed E-state index contributed by atoms with van der Waals surface area (Å²) in [6.45, 7) is 17.5. The average molecular weight is 612 g/mol. The topological polar surface area (TPSA) is 101 Å². The van der Waals surface area contributed by atoms with Gasteiger partial charge in [-0.2, -0.15) is 0 Å². The van der Waals surface area contributed by atoms with E-state index in [1.165, 1.54) is 0 Å². The Bertz CT molecular complexity index is 932. The number of likely N-dealkylation sites (tertiary alicyclic amines) is 1. The third kappa shape index (κ3) is 8.37. The zero-order valence-corrected chi connectivity index (χ0v) is 28.8. The normalized spacial score (nSPS) is 41.3. The summed E-state index contributed by atoms with van der Waals surface area (Å²) in [6.07, 6.45) is 0.677. The lowest BCUT2D eigenvalue weighted by atomic mass is 9.74. The van der Waals surface area contributed by atoms with E-state index in [9.17, 15) is 14.7 Å². The van der Waals surface area contributed by atoms with Crippen molar-refractivity contribution in [3.8, 4) is 0 Å². The van der Waals surface area contributed by atoms with Crippen molar-refractivity contribution in [1.82, 2.24) is 14.7 Å². The monoisotopic (exact) mass is 611 g/mol. The largest absolute Gasteiger partial charge is 0.463 e. The fraction of sp³-hybridized carbons (Fsp3) is 0.939. The third-order valence-corrected chi connectivity index (χ3v) is 10.5. The van der Waals surface area contributed by atoms with Gasteiger partial charge < -0.3 is 33.9 Å². The molecule has 0 aliphatic carbocycles. The molecule has 43 heavy (non-hydrogen) atoms. The summed E-state index contributed by atoms with van der Waals surface area (Å²) in [4.78, 5) is 34.6. The lowest BCUT2D eigenvalue weighted by Crippen LogP contribution is -2.59. The lowest BCUT2D eigenvalue weighted by Gasteiger charge is -2.47. The first-order valence-electron chi connectivity index (χ1n) is 16.4. The number of cyclic esters (lactones) is 1. The number of aliphatic hydroxyl groups is 1. The van der Waals surface area contributed by atoms with Crippen LogP contribution in [0, 0.1) is 23.2 Å². The molecular weight excluding hydrogens is 550 g/mol. The van der Waals surface area contributed by atoms with Crippen LogP contribution in [0.1, 0.15) is 74.1 Å². The summed E-state index contributed by atoms with van der Waals surface area (Å²) in [5.74, 6) is -1.00. The minimum absolute atomic E-state index is 0.0425. The smallest absolute Gasteiger partial charge is 0.319 e. The third-order valence-electron chi connectivity index (χ3n) is 10.5. The van der Waals surface area contributed by atoms with Crippen molar-refractivity contribution in [2.75, 3.05) is 61.0 Å². The molecule has 3 fully saturated rings. The van der Waals surface area contributed by atoms with E-state index < -0.39 is 41.4 Å². The Labute approximate surface area is 260 Å². The van der Waals surface area contributed by atoms with E-state index >= 15 is 0 Å². The standard InChI is InChI=1S/C33H61N3O7/c1-12-36-15-13-14-24(19-36)26-20-41-31(39)32(5,6)28(38)23(4)29(33(7,40-11)17-21(2)18-35(26)10)43-30-27(37)25(34(8)9)16-22(3)42-30/h21-27,29-30,37H,12-20H2,1-11H3/t21-,22-,23+,24?,25+,26+,27-,29-,30+,33-/m1/s1. The highest BCUT2D eigenvalue weighted by molar-refractivity contribution is 6.04. The van der Waals surface area contributed by atoms with Crippen LogP contribution in [-0.4, -0.2) is 135 Å². The second kappa shape index (κ2) is 15.0. The van der Waals surface area contributed by atoms with Crippen LogP contribution in [0.4, 0.5) is 0 Å². The Kier molecular flexibility index (Phi) is 12.6. The zero-order chi connectivity index (χ0) is 32.3. The lowest BCUT2D eigenvalue weighted by molar-refractivity contribution is -0.295. The van der Waals surface area contributed by atoms with Gasteiger partial charge in [0.1, 0.15) is 18.1 Å². The highest BCUT2D eigenvalue weighted by Gasteiger charge is 2.51. The summed E-state index contributed by atoms with van der Waals surface area (Å²) < 4.78 is 25.0. The number of nitrogens with zero attached hydrogens (tertiary/aromatic N) is 3. The fourth-order valence-corrected chi connectivity index (χ4v) is 7.75. The van der Waals surface area contributed by atoms with Crippen molar-refractivity contribution in [2.45, 2.75) is 116 Å². The van der Waals surface area contributed by atoms with Crippen LogP contribution in [0.3, 0.4) is 0 Å². The van der Waals surface area contributed by atoms with E-state index in [-0.39, 0.29) is 36.5 Å². The van der Waals surface area contributed by atoms with Crippen molar-refractivity contribution in [1.29, 1.82) is 0 Å². The molecule has 3 heterocycles. The van der Waals surface area contributed by atoms with Gasteiger partial charge in [-0.1, -0.05) is 20.8 Å². The number of aliphatic hydroxyl groups excluding tert-OH is 1. The number of ketones is 1. The van der Waals surface area contributed by atoms with Crippen LogP contribution in [0.2, 0.25) is 0 Å². The molecule has 250 valence electrons. The van der Waals surface area contributed by atoms with Crippen LogP contribution in [0.25, 0.3) is 0 Å². The summed E-state index contributed by atoms with van der Waals surface area (Å²) in [7, 11) is 7.63. The van der Waals surface area contributed by atoms with E-state index in [2.05, 4.69) is 30.7 Å². The van der Waals surface area contributed by atoms with Crippen molar-refractivity contribution in [3.05, 3.63) is 0 Å². The van der Waals surface area contributed by atoms with Gasteiger partial charge in [0, 0.05) is 38.2 Å². The number of rotatable bonds is 6. The predicted molar refractivity (Wildman–Crippen MR) is 167 cm³/mol. The Morgan fingerprint density at radius 2 is 1.79 bits per heavy atom. The molecule has 10 heteroatoms. The Balaban J connectivity index is 1.99. The van der Waals surface area contributed by atoms with Gasteiger partial charge in [0.15, 0.2) is 12.1 Å². The van der Waals surface area contributed by atoms with Crippen molar-refractivity contribution in [3.63, 3.8) is 0 Å². The first-order chi connectivity index (χ1) is 20.0. The summed E-state index contributed by atoms with van der Waals surface area (Å²) >= 11 is 0. The molecule has 3 saturated heterocycles. The summed E-state index contributed by atoms with van der Waals surface area (Å²) in [5.41, 5.74) is -2.30. The van der Waals surface area contributed by atoms with Crippen LogP contribution >= 0.6 is 0 Å². The number of methoxy groups -OCH3 is 1. The van der Waals surface area contributed by atoms with E-state index in [4.69, 9.17) is 18.9 Å². The van der Waals surface area contributed by atoms with Gasteiger partial charge in [-0.15, -0.1) is 0 Å². The SMILES string of the molecule is CCN1CCCC([C@@H]2COC(=O)C(C)(C)C(=O)[C@H](C)[C@@H](O[C@@H]3O[C@H](C)C[C@H](N(C)C)[C@H]3O)[C@](C)(OC)C[C@@H](C)CN2C)C1. The number of esters is 1. The molecule has 0 aromatic carbocycles. The number of hydrogen-bond donors (Lipinski definition) is 1. The van der Waals surface area contributed by atoms with E-state index in [1.807, 2.05) is 32.8 Å². The van der Waals surface area contributed by atoms with E-state index in [0.717, 1.165) is 39.0 Å². The molecule has 0 spiro atoms. The molecular formula is C33H61N3O7. The van der Waals surface area contributed by atoms with Crippen molar-refractivity contribution >= 4 is 11.8 Å². The molecule has 10 nitrogen and oxygen atoms in total. The fourth-order valence-electron chi connectivity index (χ4n) is 7.75. The Hall–Kier alpha value is -1.14. The van der Waals surface area contributed by atoms with E-state index in [1.54, 1.807) is 27.9 Å². The number of likely N-dealkylation sites (N-methyl/N-ethyl adjacent to an activating group) is 2. The number of ether oxygens (including phenoxy) is 4. The summed E-state index contributed by atoms with van der Waals surface area (Å²) in [5, 5.41) is 11.3. The average Bonchev–Trinajstić information content (AvgIpc) is 2.95. The molecule has 3 aliphatic heterocycles. The minimum Gasteiger partial charge on any atom is -0.463 e. The molecule has 0 aromatic heterocycles. The van der Waals surface area contributed by atoms with Gasteiger partial charge >= 0.3 is 5.97 Å². The molecule has 1 unspecified atom stereocenters. The van der Waals surface area contributed by atoms with Crippen LogP contribution in [-0.2, 0) is 28.5 Å². The Morgan fingerprint density at radius 1 is 1.12 bits per heavy atom. The van der Waals surface area contributed by atoms with Gasteiger partial charge in [0.25, 0.3) is 0 Å². The molecule has 3 aliphatic rings. The first-order valence-corrected chi connectivity index (χ1v) is 16.4. The molecule has 0 saturated carbocycles. The van der Waals surface area contributed by atoms with Gasteiger partial charge in [0.2, 0.25) is 0 Å². The van der Waals surface area contributed by atoms with Crippen LogP contribution < -0.4 is 0 Å². The highest BCUT2D eigenvalue weighted by Crippen LogP contribution is 2.38. The first kappa shape index (κ1) is 36.3. The molecule has 0 amide bonds. The second-order valence-corrected chi connectivity index (χ2v) is 14.6. The number of hydrogen-bond acceptors (Lipinski definition) is 10. The van der Waals surface area contributed by atoms with Gasteiger partial charge in [0.05, 0.1) is 17.8 Å². The number of carbonyl (C=O) groups is 2. The summed E-state index contributed by atoms with van der Waals surface area (Å²) in [6, 6.07) is -0.122. The van der Waals surface area contributed by atoms with Gasteiger partial charge in [-0.25, -0.2) is 0 Å². The van der Waals surface area contributed by atoms with Crippen molar-refractivity contribution in [2.24, 2.45) is 23.2 Å². The molecule has 1 N–H and O–H groups in total. The number of Topliss-reactive ketones (excluding diaryl/α,β-unsaturated/α-hetero) is 1.